The highest BCUT2D eigenvalue weighted by Gasteiger charge is 2.24. The summed E-state index contributed by atoms with van der Waals surface area (Å²) in [6, 6.07) is 8.32. The van der Waals surface area contributed by atoms with Gasteiger partial charge in [0.25, 0.3) is 5.91 Å². The molecule has 0 spiro atoms. The standard InChI is InChI=1S/C21H19ClN2O5/c1-11-9-24-10-15(20(25)18-16(22)4-5-17(29-11)19(18)24)21(26)23-12-6-13(27-2)8-14(7-12)28-3/h4-8,10-11H,9H2,1-3H3,(H,23,26)/t11-/m0/s1. The fraction of sp³-hybridized carbons (Fsp3) is 0.238. The number of rotatable bonds is 4. The topological polar surface area (TPSA) is 78.8 Å². The van der Waals surface area contributed by atoms with Crippen LogP contribution >= 0.6 is 11.6 Å². The van der Waals surface area contributed by atoms with Crippen LogP contribution in [0, 0.1) is 0 Å². The number of benzene rings is 2. The predicted octanol–water partition coefficient (Wildman–Crippen LogP) is 3.71. The normalized spacial score (nSPS) is 15.0. The zero-order chi connectivity index (χ0) is 20.7. The highest BCUT2D eigenvalue weighted by Crippen LogP contribution is 2.33. The van der Waals surface area contributed by atoms with Crippen molar-refractivity contribution in [3.63, 3.8) is 0 Å². The van der Waals surface area contributed by atoms with E-state index in [4.69, 9.17) is 25.8 Å². The third-order valence-corrected chi connectivity index (χ3v) is 5.08. The Bertz CT molecular complexity index is 1170. The van der Waals surface area contributed by atoms with Crippen LogP contribution in [-0.4, -0.2) is 30.8 Å². The van der Waals surface area contributed by atoms with Crippen molar-refractivity contribution in [3.05, 3.63) is 57.3 Å². The zero-order valence-electron chi connectivity index (χ0n) is 16.1. The van der Waals surface area contributed by atoms with Crippen molar-refractivity contribution in [2.45, 2.75) is 19.6 Å². The number of pyridine rings is 1. The first-order valence-electron chi connectivity index (χ1n) is 8.98. The second-order valence-electron chi connectivity index (χ2n) is 6.78. The van der Waals surface area contributed by atoms with Crippen LogP contribution in [0.25, 0.3) is 10.9 Å². The van der Waals surface area contributed by atoms with E-state index >= 15 is 0 Å². The molecule has 0 fully saturated rings. The van der Waals surface area contributed by atoms with Gasteiger partial charge in [0.2, 0.25) is 5.43 Å². The minimum absolute atomic E-state index is 0.00700. The molecule has 0 saturated heterocycles. The quantitative estimate of drug-likeness (QED) is 0.704. The third kappa shape index (κ3) is 3.38. The lowest BCUT2D eigenvalue weighted by Crippen LogP contribution is -2.30. The fourth-order valence-electron chi connectivity index (χ4n) is 3.47. The van der Waals surface area contributed by atoms with Crippen molar-refractivity contribution in [3.8, 4) is 17.2 Å². The van der Waals surface area contributed by atoms with Gasteiger partial charge in [-0.15, -0.1) is 0 Å². The smallest absolute Gasteiger partial charge is 0.261 e. The van der Waals surface area contributed by atoms with E-state index in [0.717, 1.165) is 0 Å². The van der Waals surface area contributed by atoms with Crippen LogP contribution in [0.4, 0.5) is 5.69 Å². The average molecular weight is 415 g/mol. The first-order valence-corrected chi connectivity index (χ1v) is 9.35. The van der Waals surface area contributed by atoms with Gasteiger partial charge in [0, 0.05) is 30.1 Å². The lowest BCUT2D eigenvalue weighted by Gasteiger charge is -2.26. The highest BCUT2D eigenvalue weighted by atomic mass is 35.5. The van der Waals surface area contributed by atoms with Crippen LogP contribution in [0.2, 0.25) is 5.02 Å². The van der Waals surface area contributed by atoms with Crippen molar-refractivity contribution in [2.75, 3.05) is 19.5 Å². The number of anilines is 1. The third-order valence-electron chi connectivity index (χ3n) is 4.77. The second kappa shape index (κ2) is 7.33. The number of hydrogen-bond donors (Lipinski definition) is 1. The van der Waals surface area contributed by atoms with Crippen molar-refractivity contribution in [1.82, 2.24) is 4.57 Å². The van der Waals surface area contributed by atoms with Crippen molar-refractivity contribution in [2.24, 2.45) is 0 Å². The molecule has 0 unspecified atom stereocenters. The SMILES string of the molecule is COc1cc(NC(=O)c2cn3c4c(ccc(Cl)c4c2=O)O[C@@H](C)C3)cc(OC)c1. The molecule has 0 radical (unpaired) electrons. The van der Waals surface area contributed by atoms with Crippen LogP contribution in [0.1, 0.15) is 17.3 Å². The van der Waals surface area contributed by atoms with Crippen molar-refractivity contribution >= 4 is 34.1 Å². The predicted molar refractivity (Wildman–Crippen MR) is 111 cm³/mol. The molecule has 1 aliphatic rings. The Kier molecular flexibility index (Phi) is 4.84. The van der Waals surface area contributed by atoms with E-state index in [1.165, 1.54) is 14.2 Å². The number of aromatic nitrogens is 1. The van der Waals surface area contributed by atoms with Crippen LogP contribution < -0.4 is 25.0 Å². The lowest BCUT2D eigenvalue weighted by molar-refractivity contribution is 0.102. The Morgan fingerprint density at radius 1 is 1.21 bits per heavy atom. The highest BCUT2D eigenvalue weighted by molar-refractivity contribution is 6.35. The van der Waals surface area contributed by atoms with E-state index in [0.29, 0.717) is 35.0 Å². The number of amides is 1. The van der Waals surface area contributed by atoms with Gasteiger partial charge in [0.05, 0.1) is 36.7 Å². The fourth-order valence-corrected chi connectivity index (χ4v) is 3.71. The summed E-state index contributed by atoms with van der Waals surface area (Å²) in [7, 11) is 3.04. The van der Waals surface area contributed by atoms with Gasteiger partial charge in [0.15, 0.2) is 0 Å². The van der Waals surface area contributed by atoms with Crippen LogP contribution in [0.15, 0.2) is 41.3 Å². The van der Waals surface area contributed by atoms with Gasteiger partial charge in [0.1, 0.15) is 28.9 Å². The summed E-state index contributed by atoms with van der Waals surface area (Å²) in [6.07, 6.45) is 1.45. The van der Waals surface area contributed by atoms with E-state index < -0.39 is 11.3 Å². The van der Waals surface area contributed by atoms with E-state index in [-0.39, 0.29) is 22.1 Å². The van der Waals surface area contributed by atoms with E-state index in [1.807, 2.05) is 11.5 Å². The molecule has 1 aliphatic heterocycles. The summed E-state index contributed by atoms with van der Waals surface area (Å²) < 4.78 is 18.1. The van der Waals surface area contributed by atoms with Crippen LogP contribution in [0.3, 0.4) is 0 Å². The van der Waals surface area contributed by atoms with Gasteiger partial charge in [-0.25, -0.2) is 0 Å². The Hall–Kier alpha value is -3.19. The maximum absolute atomic E-state index is 13.1. The molecule has 1 aromatic heterocycles. The van der Waals surface area contributed by atoms with Crippen LogP contribution in [0.5, 0.6) is 17.2 Å². The molecule has 4 rings (SSSR count). The number of carbonyl (C=O) groups is 1. The summed E-state index contributed by atoms with van der Waals surface area (Å²) in [4.78, 5) is 26.1. The monoisotopic (exact) mass is 414 g/mol. The summed E-state index contributed by atoms with van der Waals surface area (Å²) in [6.45, 7) is 2.42. The Morgan fingerprint density at radius 2 is 1.90 bits per heavy atom. The van der Waals surface area contributed by atoms with E-state index in [9.17, 15) is 9.59 Å². The molecule has 8 heteroatoms. The van der Waals surface area contributed by atoms with Gasteiger partial charge >= 0.3 is 0 Å². The molecule has 29 heavy (non-hydrogen) atoms. The molecule has 0 bridgehead atoms. The molecule has 1 atom stereocenters. The van der Waals surface area contributed by atoms with Crippen LogP contribution in [-0.2, 0) is 6.54 Å². The number of ether oxygens (including phenoxy) is 3. The molecule has 7 nitrogen and oxygen atoms in total. The average Bonchev–Trinajstić information content (AvgIpc) is 2.70. The molecule has 1 amide bonds. The number of hydrogen-bond acceptors (Lipinski definition) is 5. The maximum Gasteiger partial charge on any atom is 0.261 e. The molecule has 2 heterocycles. The molecule has 2 aromatic carbocycles. The van der Waals surface area contributed by atoms with Crippen molar-refractivity contribution in [1.29, 1.82) is 0 Å². The van der Waals surface area contributed by atoms with E-state index in [1.54, 1.807) is 36.5 Å². The molecule has 0 aliphatic carbocycles. The Morgan fingerprint density at radius 3 is 2.55 bits per heavy atom. The maximum atomic E-state index is 13.1. The summed E-state index contributed by atoms with van der Waals surface area (Å²) in [5, 5.41) is 3.29. The van der Waals surface area contributed by atoms with Crippen molar-refractivity contribution < 1.29 is 19.0 Å². The van der Waals surface area contributed by atoms with Gasteiger partial charge < -0.3 is 24.1 Å². The summed E-state index contributed by atoms with van der Waals surface area (Å²) in [5.74, 6) is 1.06. The summed E-state index contributed by atoms with van der Waals surface area (Å²) >= 11 is 6.31. The molecular weight excluding hydrogens is 396 g/mol. The number of halogens is 1. The lowest BCUT2D eigenvalue weighted by atomic mass is 10.1. The number of methoxy groups -OCH3 is 2. The second-order valence-corrected chi connectivity index (χ2v) is 7.18. The van der Waals surface area contributed by atoms with Gasteiger partial charge in [-0.3, -0.25) is 9.59 Å². The van der Waals surface area contributed by atoms with Gasteiger partial charge in [-0.1, -0.05) is 11.6 Å². The zero-order valence-corrected chi connectivity index (χ0v) is 16.9. The van der Waals surface area contributed by atoms with Gasteiger partial charge in [-0.05, 0) is 19.1 Å². The molecule has 150 valence electrons. The minimum Gasteiger partial charge on any atom is -0.497 e. The number of nitrogens with zero attached hydrogens (tertiary/aromatic N) is 1. The first kappa shape index (κ1) is 19.1. The number of nitrogens with one attached hydrogen (secondary N) is 1. The molecular formula is C21H19ClN2O5. The van der Waals surface area contributed by atoms with Gasteiger partial charge in [-0.2, -0.15) is 0 Å². The summed E-state index contributed by atoms with van der Waals surface area (Å²) in [5.41, 5.74) is 0.585. The largest absolute Gasteiger partial charge is 0.497 e. The molecule has 3 aromatic rings. The first-order chi connectivity index (χ1) is 13.9. The Balaban J connectivity index is 1.81. The molecule has 1 N–H and O–H groups in total. The minimum atomic E-state index is -0.545. The number of carbonyl (C=O) groups excluding carboxylic acids is 1. The Labute approximate surface area is 171 Å². The molecule has 0 saturated carbocycles. The van der Waals surface area contributed by atoms with E-state index in [2.05, 4.69) is 5.32 Å².